The Hall–Kier alpha value is -4.24. The minimum absolute atomic E-state index is 0.393. The third-order valence-electron chi connectivity index (χ3n) is 6.20. The third-order valence-corrected chi connectivity index (χ3v) is 7.27. The van der Waals surface area contributed by atoms with E-state index in [2.05, 4.69) is 28.6 Å². The average molecular weight is 501 g/mol. The average Bonchev–Trinajstić information content (AvgIpc) is 3.39. The Labute approximate surface area is 211 Å². The molecule has 9 heteroatoms. The molecule has 0 unspecified atom stereocenters. The Balaban J connectivity index is 1.25. The summed E-state index contributed by atoms with van der Waals surface area (Å²) in [5, 5.41) is 6.36. The van der Waals surface area contributed by atoms with Gasteiger partial charge in [0, 0.05) is 11.3 Å². The van der Waals surface area contributed by atoms with Crippen LogP contribution in [-0.4, -0.2) is 41.4 Å². The van der Waals surface area contributed by atoms with Crippen LogP contribution in [0.5, 0.6) is 5.75 Å². The minimum atomic E-state index is -1.26. The lowest BCUT2D eigenvalue weighted by Gasteiger charge is -2.22. The molecule has 3 aromatic carbocycles. The molecule has 1 fully saturated rings. The standard InChI is InChI=1S/C27H24N4O4S/c1-16-4-13-21-22(14-16)36-24(29-21)17-5-9-19(10-6-17)28-23(32)15-31-25(33)27(2,30-26(31)34)18-7-11-20(35-3)12-8-18/h4-14H,15H2,1-3H3,(H,28,32)(H,30,34)/t27-/m1/s1. The van der Waals surface area contributed by atoms with Gasteiger partial charge in [-0.1, -0.05) is 18.2 Å². The zero-order valence-electron chi connectivity index (χ0n) is 20.0. The number of fused-ring (bicyclic) bond motifs is 1. The van der Waals surface area contributed by atoms with Crippen molar-refractivity contribution in [1.82, 2.24) is 15.2 Å². The van der Waals surface area contributed by atoms with Crippen molar-refractivity contribution < 1.29 is 19.1 Å². The molecule has 1 saturated heterocycles. The van der Waals surface area contributed by atoms with Crippen LogP contribution in [0.4, 0.5) is 10.5 Å². The highest BCUT2D eigenvalue weighted by Gasteiger charge is 2.49. The number of thiazole rings is 1. The van der Waals surface area contributed by atoms with Crippen LogP contribution in [0.1, 0.15) is 18.1 Å². The smallest absolute Gasteiger partial charge is 0.325 e. The van der Waals surface area contributed by atoms with Crippen molar-refractivity contribution in [3.63, 3.8) is 0 Å². The van der Waals surface area contributed by atoms with E-state index >= 15 is 0 Å². The Morgan fingerprint density at radius 3 is 2.50 bits per heavy atom. The lowest BCUT2D eigenvalue weighted by atomic mass is 9.92. The number of aryl methyl sites for hydroxylation is 1. The molecule has 1 aliphatic rings. The third kappa shape index (κ3) is 4.29. The summed E-state index contributed by atoms with van der Waals surface area (Å²) in [6.45, 7) is 3.28. The predicted molar refractivity (Wildman–Crippen MR) is 139 cm³/mol. The fourth-order valence-electron chi connectivity index (χ4n) is 4.16. The number of carbonyl (C=O) groups is 3. The number of urea groups is 1. The van der Waals surface area contributed by atoms with Gasteiger partial charge in [0.2, 0.25) is 5.91 Å². The molecule has 1 aromatic heterocycles. The molecule has 0 aliphatic carbocycles. The molecule has 182 valence electrons. The molecule has 4 aromatic rings. The molecule has 4 amide bonds. The number of anilines is 1. The molecule has 1 aliphatic heterocycles. The summed E-state index contributed by atoms with van der Waals surface area (Å²) in [5.74, 6) is -0.325. The number of benzene rings is 3. The van der Waals surface area contributed by atoms with Gasteiger partial charge in [-0.25, -0.2) is 9.78 Å². The highest BCUT2D eigenvalue weighted by Crippen LogP contribution is 2.32. The molecule has 5 rings (SSSR count). The molecule has 0 spiro atoms. The summed E-state index contributed by atoms with van der Waals surface area (Å²) in [4.78, 5) is 44.0. The number of aromatic nitrogens is 1. The van der Waals surface area contributed by atoms with Crippen LogP contribution < -0.4 is 15.4 Å². The first-order chi connectivity index (χ1) is 17.3. The number of nitrogens with one attached hydrogen (secondary N) is 2. The van der Waals surface area contributed by atoms with Crippen LogP contribution in [0.15, 0.2) is 66.7 Å². The van der Waals surface area contributed by atoms with Gasteiger partial charge < -0.3 is 15.4 Å². The van der Waals surface area contributed by atoms with Gasteiger partial charge in [-0.2, -0.15) is 0 Å². The van der Waals surface area contributed by atoms with Crippen LogP contribution in [-0.2, 0) is 15.1 Å². The molecule has 36 heavy (non-hydrogen) atoms. The summed E-state index contributed by atoms with van der Waals surface area (Å²) < 4.78 is 6.28. The Kier molecular flexibility index (Phi) is 5.93. The highest BCUT2D eigenvalue weighted by molar-refractivity contribution is 7.21. The number of nitrogens with zero attached hydrogens (tertiary/aromatic N) is 2. The number of methoxy groups -OCH3 is 1. The van der Waals surface area contributed by atoms with E-state index in [9.17, 15) is 14.4 Å². The lowest BCUT2D eigenvalue weighted by Crippen LogP contribution is -2.42. The predicted octanol–water partition coefficient (Wildman–Crippen LogP) is 4.69. The molecule has 1 atom stereocenters. The summed E-state index contributed by atoms with van der Waals surface area (Å²) in [6, 6.07) is 19.7. The first-order valence-electron chi connectivity index (χ1n) is 11.3. The van der Waals surface area contributed by atoms with Crippen LogP contribution >= 0.6 is 11.3 Å². The number of rotatable bonds is 6. The summed E-state index contributed by atoms with van der Waals surface area (Å²) >= 11 is 1.61. The minimum Gasteiger partial charge on any atom is -0.497 e. The van der Waals surface area contributed by atoms with Crippen molar-refractivity contribution in [3.05, 3.63) is 77.9 Å². The van der Waals surface area contributed by atoms with Crippen molar-refractivity contribution in [2.75, 3.05) is 19.0 Å². The quantitative estimate of drug-likeness (QED) is 0.374. The van der Waals surface area contributed by atoms with E-state index in [0.717, 1.165) is 25.7 Å². The molecule has 0 bridgehead atoms. The monoisotopic (exact) mass is 500 g/mol. The maximum atomic E-state index is 13.1. The number of hydrogen-bond acceptors (Lipinski definition) is 6. The number of hydrogen-bond donors (Lipinski definition) is 2. The summed E-state index contributed by atoms with van der Waals surface area (Å²) in [7, 11) is 1.55. The second kappa shape index (κ2) is 9.09. The maximum Gasteiger partial charge on any atom is 0.325 e. The van der Waals surface area contributed by atoms with E-state index in [0.29, 0.717) is 17.0 Å². The zero-order valence-corrected chi connectivity index (χ0v) is 20.8. The molecular weight excluding hydrogens is 476 g/mol. The van der Waals surface area contributed by atoms with E-state index in [4.69, 9.17) is 4.74 Å². The van der Waals surface area contributed by atoms with Crippen molar-refractivity contribution in [2.45, 2.75) is 19.4 Å². The van der Waals surface area contributed by atoms with E-state index < -0.39 is 29.9 Å². The van der Waals surface area contributed by atoms with Gasteiger partial charge >= 0.3 is 6.03 Å². The SMILES string of the molecule is COc1ccc([C@@]2(C)NC(=O)N(CC(=O)Nc3ccc(-c4nc5ccc(C)cc5s4)cc3)C2=O)cc1. The number of carbonyl (C=O) groups excluding carboxylic acids is 3. The molecule has 8 nitrogen and oxygen atoms in total. The Bertz CT molecular complexity index is 1480. The number of imide groups is 1. The second-order valence-corrected chi connectivity index (χ2v) is 9.82. The van der Waals surface area contributed by atoms with Gasteiger partial charge in [0.1, 0.15) is 22.8 Å². The van der Waals surface area contributed by atoms with Gasteiger partial charge in [-0.15, -0.1) is 11.3 Å². The largest absolute Gasteiger partial charge is 0.497 e. The number of amides is 4. The van der Waals surface area contributed by atoms with Crippen molar-refractivity contribution in [1.29, 1.82) is 0 Å². The van der Waals surface area contributed by atoms with Crippen molar-refractivity contribution in [3.8, 4) is 16.3 Å². The molecule has 0 radical (unpaired) electrons. The fourth-order valence-corrected chi connectivity index (χ4v) is 5.23. The van der Waals surface area contributed by atoms with Crippen LogP contribution in [0.2, 0.25) is 0 Å². The summed E-state index contributed by atoms with van der Waals surface area (Å²) in [6.07, 6.45) is 0. The van der Waals surface area contributed by atoms with Gasteiger partial charge in [-0.3, -0.25) is 14.5 Å². The van der Waals surface area contributed by atoms with Gasteiger partial charge in [0.05, 0.1) is 17.3 Å². The van der Waals surface area contributed by atoms with Gasteiger partial charge in [0.25, 0.3) is 5.91 Å². The van der Waals surface area contributed by atoms with Crippen LogP contribution in [0.25, 0.3) is 20.8 Å². The van der Waals surface area contributed by atoms with Gasteiger partial charge in [0.15, 0.2) is 0 Å². The highest BCUT2D eigenvalue weighted by atomic mass is 32.1. The van der Waals surface area contributed by atoms with E-state index in [1.165, 1.54) is 5.56 Å². The topological polar surface area (TPSA) is 101 Å². The van der Waals surface area contributed by atoms with Crippen molar-refractivity contribution >= 4 is 45.1 Å². The Morgan fingerprint density at radius 2 is 1.81 bits per heavy atom. The molecular formula is C27H24N4O4S. The second-order valence-electron chi connectivity index (χ2n) is 8.79. The van der Waals surface area contributed by atoms with Gasteiger partial charge in [-0.05, 0) is 73.5 Å². The first kappa shape index (κ1) is 23.5. The van der Waals surface area contributed by atoms with E-state index in [1.807, 2.05) is 24.3 Å². The first-order valence-corrected chi connectivity index (χ1v) is 12.1. The zero-order chi connectivity index (χ0) is 25.4. The summed E-state index contributed by atoms with van der Waals surface area (Å²) in [5.41, 5.74) is 2.98. The molecule has 0 saturated carbocycles. The van der Waals surface area contributed by atoms with Crippen LogP contribution in [0, 0.1) is 6.92 Å². The molecule has 2 heterocycles. The molecule has 2 N–H and O–H groups in total. The maximum absolute atomic E-state index is 13.1. The normalized spacial score (nSPS) is 17.4. The van der Waals surface area contributed by atoms with Crippen molar-refractivity contribution in [2.24, 2.45) is 0 Å². The fraction of sp³-hybridized carbons (Fsp3) is 0.185. The van der Waals surface area contributed by atoms with E-state index in [-0.39, 0.29) is 0 Å². The van der Waals surface area contributed by atoms with E-state index in [1.54, 1.807) is 61.8 Å². The number of ether oxygens (including phenoxy) is 1. The van der Waals surface area contributed by atoms with Crippen LogP contribution in [0.3, 0.4) is 0 Å². The lowest BCUT2D eigenvalue weighted by molar-refractivity contribution is -0.133. The Morgan fingerprint density at radius 1 is 1.08 bits per heavy atom.